The molecule has 0 radical (unpaired) electrons. The normalized spacial score (nSPS) is 10.9. The number of hydrazone groups is 1. The molecule has 0 aliphatic carbocycles. The number of ether oxygens (including phenoxy) is 4. The van der Waals surface area contributed by atoms with Crippen LogP contribution < -0.4 is 24.4 Å². The second-order valence-corrected chi connectivity index (χ2v) is 7.99. The maximum absolute atomic E-state index is 12.1. The van der Waals surface area contributed by atoms with Gasteiger partial charge in [-0.15, -0.1) is 0 Å². The van der Waals surface area contributed by atoms with Crippen molar-refractivity contribution in [2.45, 2.75) is 0 Å². The van der Waals surface area contributed by atoms with E-state index < -0.39 is 5.91 Å². The molecule has 162 valence electrons. The standard InChI is InChI=1S/C22H20Br2N2O5/c1-28-18-8-13(9-19(29-2)22(18)30-3)11-25-26-20(27)12-31-17-7-4-14-10-15(23)5-6-16(14)21(17)24/h4-11H,12H2,1-3H3,(H,26,27). The molecule has 7 nitrogen and oxygen atoms in total. The lowest BCUT2D eigenvalue weighted by Crippen LogP contribution is -2.24. The van der Waals surface area contributed by atoms with Gasteiger partial charge in [-0.25, -0.2) is 5.43 Å². The van der Waals surface area contributed by atoms with Crippen molar-refractivity contribution in [1.29, 1.82) is 0 Å². The molecule has 0 aliphatic heterocycles. The lowest BCUT2D eigenvalue weighted by atomic mass is 10.1. The van der Waals surface area contributed by atoms with Gasteiger partial charge in [-0.3, -0.25) is 4.79 Å². The Morgan fingerprint density at radius 2 is 1.68 bits per heavy atom. The van der Waals surface area contributed by atoms with E-state index in [9.17, 15) is 4.79 Å². The molecule has 0 bridgehead atoms. The summed E-state index contributed by atoms with van der Waals surface area (Å²) in [6, 6.07) is 13.1. The van der Waals surface area contributed by atoms with E-state index in [1.807, 2.05) is 30.3 Å². The van der Waals surface area contributed by atoms with Gasteiger partial charge in [-0.05, 0) is 57.0 Å². The first-order valence-corrected chi connectivity index (χ1v) is 10.7. The Hall–Kier alpha value is -2.78. The summed E-state index contributed by atoms with van der Waals surface area (Å²) in [5.74, 6) is 1.63. The zero-order valence-electron chi connectivity index (χ0n) is 17.1. The third kappa shape index (κ3) is 5.48. The van der Waals surface area contributed by atoms with E-state index in [1.165, 1.54) is 27.5 Å². The fourth-order valence-corrected chi connectivity index (χ4v) is 3.87. The highest BCUT2D eigenvalue weighted by Gasteiger charge is 2.13. The zero-order chi connectivity index (χ0) is 22.4. The van der Waals surface area contributed by atoms with Gasteiger partial charge >= 0.3 is 0 Å². The second kappa shape index (κ2) is 10.5. The highest BCUT2D eigenvalue weighted by Crippen LogP contribution is 2.38. The van der Waals surface area contributed by atoms with Gasteiger partial charge in [0.15, 0.2) is 18.1 Å². The van der Waals surface area contributed by atoms with Crippen LogP contribution in [0.5, 0.6) is 23.0 Å². The van der Waals surface area contributed by atoms with Gasteiger partial charge in [0.1, 0.15) is 5.75 Å². The molecule has 1 N–H and O–H groups in total. The van der Waals surface area contributed by atoms with Crippen LogP contribution in [0.4, 0.5) is 0 Å². The molecule has 0 saturated carbocycles. The number of methoxy groups -OCH3 is 3. The Morgan fingerprint density at radius 3 is 2.32 bits per heavy atom. The van der Waals surface area contributed by atoms with Gasteiger partial charge in [-0.2, -0.15) is 5.10 Å². The van der Waals surface area contributed by atoms with Crippen molar-refractivity contribution in [3.8, 4) is 23.0 Å². The summed E-state index contributed by atoms with van der Waals surface area (Å²) in [7, 11) is 4.59. The van der Waals surface area contributed by atoms with Crippen LogP contribution in [0, 0.1) is 0 Å². The summed E-state index contributed by atoms with van der Waals surface area (Å²) in [6.07, 6.45) is 1.48. The van der Waals surface area contributed by atoms with Gasteiger partial charge in [0.2, 0.25) is 5.75 Å². The van der Waals surface area contributed by atoms with Crippen LogP contribution >= 0.6 is 31.9 Å². The molecule has 1 amide bonds. The minimum atomic E-state index is -0.397. The van der Waals surface area contributed by atoms with Crippen LogP contribution in [-0.4, -0.2) is 40.1 Å². The van der Waals surface area contributed by atoms with Gasteiger partial charge < -0.3 is 18.9 Å². The number of nitrogens with zero attached hydrogens (tertiary/aromatic N) is 1. The lowest BCUT2D eigenvalue weighted by molar-refractivity contribution is -0.123. The number of halogens is 2. The monoisotopic (exact) mass is 550 g/mol. The Morgan fingerprint density at radius 1 is 0.968 bits per heavy atom. The largest absolute Gasteiger partial charge is 0.493 e. The van der Waals surface area contributed by atoms with Crippen molar-refractivity contribution in [3.05, 3.63) is 57.0 Å². The number of hydrogen-bond acceptors (Lipinski definition) is 6. The summed E-state index contributed by atoms with van der Waals surface area (Å²) < 4.78 is 23.3. The number of amides is 1. The molecule has 31 heavy (non-hydrogen) atoms. The highest BCUT2D eigenvalue weighted by molar-refractivity contribution is 9.11. The fraction of sp³-hybridized carbons (Fsp3) is 0.182. The average molecular weight is 552 g/mol. The van der Waals surface area contributed by atoms with Gasteiger partial charge in [0.25, 0.3) is 5.91 Å². The van der Waals surface area contributed by atoms with Crippen molar-refractivity contribution in [2.75, 3.05) is 27.9 Å². The summed E-state index contributed by atoms with van der Waals surface area (Å²) in [5, 5.41) is 6.01. The number of carbonyl (C=O) groups is 1. The first-order chi connectivity index (χ1) is 15.0. The Balaban J connectivity index is 1.63. The molecule has 3 aromatic carbocycles. The third-order valence-electron chi connectivity index (χ3n) is 4.33. The first kappa shape index (κ1) is 22.9. The van der Waals surface area contributed by atoms with Crippen LogP contribution in [0.3, 0.4) is 0 Å². The minimum Gasteiger partial charge on any atom is -0.493 e. The summed E-state index contributed by atoms with van der Waals surface area (Å²) in [5.41, 5.74) is 3.11. The van der Waals surface area contributed by atoms with Crippen molar-refractivity contribution in [1.82, 2.24) is 5.43 Å². The molecule has 0 atom stereocenters. The van der Waals surface area contributed by atoms with Crippen LogP contribution in [0.2, 0.25) is 0 Å². The SMILES string of the molecule is COc1cc(C=NNC(=O)COc2ccc3cc(Br)ccc3c2Br)cc(OC)c1OC. The van der Waals surface area contributed by atoms with E-state index in [4.69, 9.17) is 18.9 Å². The number of carbonyl (C=O) groups excluding carboxylic acids is 1. The number of nitrogens with one attached hydrogen (secondary N) is 1. The first-order valence-electron chi connectivity index (χ1n) is 9.09. The van der Waals surface area contributed by atoms with Crippen molar-refractivity contribution >= 4 is 54.8 Å². The second-order valence-electron chi connectivity index (χ2n) is 6.28. The molecule has 0 unspecified atom stereocenters. The van der Waals surface area contributed by atoms with Gasteiger partial charge in [-0.1, -0.05) is 28.1 Å². The quantitative estimate of drug-likeness (QED) is 0.317. The van der Waals surface area contributed by atoms with E-state index in [0.29, 0.717) is 28.6 Å². The molecule has 3 rings (SSSR count). The highest BCUT2D eigenvalue weighted by atomic mass is 79.9. The Kier molecular flexibility index (Phi) is 7.75. The topological polar surface area (TPSA) is 78.4 Å². The lowest BCUT2D eigenvalue weighted by Gasteiger charge is -2.12. The molecule has 0 aliphatic rings. The predicted octanol–water partition coefficient (Wildman–Crippen LogP) is 4.92. The Bertz CT molecular complexity index is 1110. The van der Waals surface area contributed by atoms with Gasteiger partial charge in [0, 0.05) is 10.0 Å². The minimum absolute atomic E-state index is 0.187. The van der Waals surface area contributed by atoms with E-state index in [0.717, 1.165) is 19.7 Å². The number of rotatable bonds is 8. The van der Waals surface area contributed by atoms with Crippen LogP contribution in [-0.2, 0) is 4.79 Å². The maximum atomic E-state index is 12.1. The van der Waals surface area contributed by atoms with E-state index >= 15 is 0 Å². The summed E-state index contributed by atoms with van der Waals surface area (Å²) in [6.45, 7) is -0.187. The molecule has 0 spiro atoms. The summed E-state index contributed by atoms with van der Waals surface area (Å²) in [4.78, 5) is 12.1. The molecule has 0 aromatic heterocycles. The summed E-state index contributed by atoms with van der Waals surface area (Å²) >= 11 is 7.00. The molecule has 0 heterocycles. The fourth-order valence-electron chi connectivity index (χ4n) is 2.88. The molecular formula is C22H20Br2N2O5. The molecule has 0 fully saturated rings. The number of hydrogen-bond donors (Lipinski definition) is 1. The number of fused-ring (bicyclic) bond motifs is 1. The molecule has 3 aromatic rings. The van der Waals surface area contributed by atoms with Crippen LogP contribution in [0.25, 0.3) is 10.8 Å². The van der Waals surface area contributed by atoms with E-state index in [1.54, 1.807) is 12.1 Å². The predicted molar refractivity (Wildman–Crippen MR) is 127 cm³/mol. The maximum Gasteiger partial charge on any atom is 0.277 e. The average Bonchev–Trinajstić information content (AvgIpc) is 2.77. The van der Waals surface area contributed by atoms with Crippen molar-refractivity contribution < 1.29 is 23.7 Å². The van der Waals surface area contributed by atoms with Crippen molar-refractivity contribution in [2.24, 2.45) is 5.10 Å². The third-order valence-corrected chi connectivity index (χ3v) is 5.64. The zero-order valence-corrected chi connectivity index (χ0v) is 20.2. The van der Waals surface area contributed by atoms with Crippen LogP contribution in [0.15, 0.2) is 56.5 Å². The van der Waals surface area contributed by atoms with Crippen LogP contribution in [0.1, 0.15) is 5.56 Å². The molecular weight excluding hydrogens is 532 g/mol. The smallest absolute Gasteiger partial charge is 0.277 e. The van der Waals surface area contributed by atoms with Gasteiger partial charge in [0.05, 0.1) is 32.0 Å². The van der Waals surface area contributed by atoms with E-state index in [2.05, 4.69) is 42.4 Å². The molecule has 0 saturated heterocycles. The number of benzene rings is 3. The van der Waals surface area contributed by atoms with E-state index in [-0.39, 0.29) is 6.61 Å². The van der Waals surface area contributed by atoms with Crippen molar-refractivity contribution in [3.63, 3.8) is 0 Å². The molecule has 9 heteroatoms. The Labute approximate surface area is 196 Å².